The maximum absolute atomic E-state index is 9.67. The molecule has 1 unspecified atom stereocenters. The van der Waals surface area contributed by atoms with Crippen LogP contribution in [0.2, 0.25) is 5.02 Å². The number of para-hydroxylation sites is 1. The lowest BCUT2D eigenvalue weighted by Crippen LogP contribution is -2.32. The number of hydrogen-bond acceptors (Lipinski definition) is 3. The average molecular weight is 258 g/mol. The number of rotatable bonds is 8. The van der Waals surface area contributed by atoms with Crippen LogP contribution in [0.1, 0.15) is 19.8 Å². The van der Waals surface area contributed by atoms with E-state index in [9.17, 15) is 5.11 Å². The summed E-state index contributed by atoms with van der Waals surface area (Å²) in [6.07, 6.45) is 1.76. The molecule has 17 heavy (non-hydrogen) atoms. The minimum absolute atomic E-state index is 0.253. The number of ether oxygens (including phenoxy) is 1. The van der Waals surface area contributed by atoms with Crippen molar-refractivity contribution in [2.24, 2.45) is 0 Å². The lowest BCUT2D eigenvalue weighted by Gasteiger charge is -2.13. The summed E-state index contributed by atoms with van der Waals surface area (Å²) in [6.45, 7) is 3.87. The molecule has 1 aromatic carbocycles. The largest absolute Gasteiger partial charge is 0.489 e. The summed E-state index contributed by atoms with van der Waals surface area (Å²) in [7, 11) is 0. The Kier molecular flexibility index (Phi) is 7.01. The predicted octanol–water partition coefficient (Wildman–Crippen LogP) is 2.47. The van der Waals surface area contributed by atoms with Crippen molar-refractivity contribution in [3.63, 3.8) is 0 Å². The number of unbranched alkanes of at least 4 members (excludes halogenated alkanes) is 1. The van der Waals surface area contributed by atoms with Gasteiger partial charge in [0.25, 0.3) is 0 Å². The van der Waals surface area contributed by atoms with Crippen LogP contribution in [-0.4, -0.2) is 30.9 Å². The van der Waals surface area contributed by atoms with Gasteiger partial charge in [-0.1, -0.05) is 37.1 Å². The van der Waals surface area contributed by atoms with Crippen LogP contribution in [0.25, 0.3) is 0 Å². The number of benzene rings is 1. The summed E-state index contributed by atoms with van der Waals surface area (Å²) >= 11 is 5.93. The molecule has 0 aliphatic carbocycles. The summed E-state index contributed by atoms with van der Waals surface area (Å²) in [6, 6.07) is 7.26. The molecular formula is C13H20ClNO2. The smallest absolute Gasteiger partial charge is 0.138 e. The fourth-order valence-electron chi connectivity index (χ4n) is 1.38. The molecule has 2 N–H and O–H groups in total. The van der Waals surface area contributed by atoms with Gasteiger partial charge in [0.1, 0.15) is 18.5 Å². The van der Waals surface area contributed by atoms with Gasteiger partial charge in [0.2, 0.25) is 0 Å². The molecule has 96 valence electrons. The van der Waals surface area contributed by atoms with Crippen LogP contribution in [-0.2, 0) is 0 Å². The second-order valence-corrected chi connectivity index (χ2v) is 4.36. The molecule has 0 aliphatic heterocycles. The fourth-order valence-corrected chi connectivity index (χ4v) is 1.57. The van der Waals surface area contributed by atoms with Gasteiger partial charge in [0.15, 0.2) is 0 Å². The van der Waals surface area contributed by atoms with Crippen molar-refractivity contribution in [1.82, 2.24) is 5.32 Å². The van der Waals surface area contributed by atoms with Gasteiger partial charge in [0, 0.05) is 6.54 Å². The Balaban J connectivity index is 2.19. The van der Waals surface area contributed by atoms with Crippen LogP contribution in [0.5, 0.6) is 5.75 Å². The highest BCUT2D eigenvalue weighted by Crippen LogP contribution is 2.22. The van der Waals surface area contributed by atoms with Gasteiger partial charge in [-0.05, 0) is 25.1 Å². The molecule has 3 nitrogen and oxygen atoms in total. The summed E-state index contributed by atoms with van der Waals surface area (Å²) < 4.78 is 5.43. The highest BCUT2D eigenvalue weighted by molar-refractivity contribution is 6.32. The molecule has 0 fully saturated rings. The van der Waals surface area contributed by atoms with Crippen molar-refractivity contribution in [1.29, 1.82) is 0 Å². The second-order valence-electron chi connectivity index (χ2n) is 3.95. The zero-order chi connectivity index (χ0) is 12.5. The maximum Gasteiger partial charge on any atom is 0.138 e. The molecule has 1 rings (SSSR count). The Hall–Kier alpha value is -0.770. The number of aliphatic hydroxyl groups excluding tert-OH is 1. The predicted molar refractivity (Wildman–Crippen MR) is 70.7 cm³/mol. The molecule has 0 saturated heterocycles. The molecule has 0 radical (unpaired) electrons. The van der Waals surface area contributed by atoms with Gasteiger partial charge >= 0.3 is 0 Å². The first kappa shape index (κ1) is 14.3. The van der Waals surface area contributed by atoms with Crippen LogP contribution in [0.15, 0.2) is 24.3 Å². The molecule has 0 heterocycles. The molecule has 0 aliphatic rings. The zero-order valence-corrected chi connectivity index (χ0v) is 10.9. The Labute approximate surface area is 108 Å². The van der Waals surface area contributed by atoms with E-state index in [1.807, 2.05) is 12.1 Å². The maximum atomic E-state index is 9.67. The minimum Gasteiger partial charge on any atom is -0.489 e. The summed E-state index contributed by atoms with van der Waals surface area (Å²) in [5.74, 6) is 0.613. The molecular weight excluding hydrogens is 238 g/mol. The molecule has 0 amide bonds. The van der Waals surface area contributed by atoms with Gasteiger partial charge in [-0.15, -0.1) is 0 Å². The van der Waals surface area contributed by atoms with Crippen molar-refractivity contribution in [3.8, 4) is 5.75 Å². The monoisotopic (exact) mass is 257 g/mol. The third-order valence-corrected chi connectivity index (χ3v) is 2.67. The molecule has 0 spiro atoms. The third kappa shape index (κ3) is 5.91. The highest BCUT2D eigenvalue weighted by atomic mass is 35.5. The highest BCUT2D eigenvalue weighted by Gasteiger charge is 2.06. The first-order chi connectivity index (χ1) is 8.24. The van der Waals surface area contributed by atoms with Crippen LogP contribution in [0, 0.1) is 0 Å². The summed E-state index contributed by atoms with van der Waals surface area (Å²) in [4.78, 5) is 0. The van der Waals surface area contributed by atoms with Crippen molar-refractivity contribution in [3.05, 3.63) is 29.3 Å². The van der Waals surface area contributed by atoms with Crippen LogP contribution < -0.4 is 10.1 Å². The Bertz CT molecular complexity index is 320. The average Bonchev–Trinajstić information content (AvgIpc) is 2.34. The van der Waals surface area contributed by atoms with Crippen molar-refractivity contribution >= 4 is 11.6 Å². The number of hydrogen-bond donors (Lipinski definition) is 2. The molecule has 0 aromatic heterocycles. The van der Waals surface area contributed by atoms with Gasteiger partial charge in [-0.2, -0.15) is 0 Å². The molecule has 4 heteroatoms. The van der Waals surface area contributed by atoms with Crippen LogP contribution in [0.4, 0.5) is 0 Å². The van der Waals surface area contributed by atoms with E-state index in [1.54, 1.807) is 12.1 Å². The standard InChI is InChI=1S/C13H20ClNO2/c1-2-3-8-15-9-11(16)10-17-13-7-5-4-6-12(13)14/h4-7,11,15-16H,2-3,8-10H2,1H3. The lowest BCUT2D eigenvalue weighted by molar-refractivity contribution is 0.106. The van der Waals surface area contributed by atoms with E-state index in [4.69, 9.17) is 16.3 Å². The SMILES string of the molecule is CCCCNCC(O)COc1ccccc1Cl. The van der Waals surface area contributed by atoms with Gasteiger partial charge in [0.05, 0.1) is 5.02 Å². The van der Waals surface area contributed by atoms with E-state index in [-0.39, 0.29) is 6.61 Å². The molecule has 0 bridgehead atoms. The second kappa shape index (κ2) is 8.34. The fraction of sp³-hybridized carbons (Fsp3) is 0.538. The molecule has 1 aromatic rings. The number of nitrogens with one attached hydrogen (secondary N) is 1. The van der Waals surface area contributed by atoms with Crippen molar-refractivity contribution < 1.29 is 9.84 Å². The topological polar surface area (TPSA) is 41.5 Å². The van der Waals surface area contributed by atoms with Gasteiger partial charge in [-0.25, -0.2) is 0 Å². The Morgan fingerprint density at radius 2 is 2.18 bits per heavy atom. The minimum atomic E-state index is -0.511. The van der Waals surface area contributed by atoms with Gasteiger partial charge < -0.3 is 15.2 Å². The van der Waals surface area contributed by atoms with E-state index in [2.05, 4.69) is 12.2 Å². The molecule has 1 atom stereocenters. The third-order valence-electron chi connectivity index (χ3n) is 2.35. The Morgan fingerprint density at radius 1 is 1.41 bits per heavy atom. The normalized spacial score (nSPS) is 12.4. The lowest BCUT2D eigenvalue weighted by atomic mass is 10.3. The van der Waals surface area contributed by atoms with E-state index in [0.29, 0.717) is 17.3 Å². The zero-order valence-electron chi connectivity index (χ0n) is 10.2. The van der Waals surface area contributed by atoms with Crippen LogP contribution >= 0.6 is 11.6 Å². The summed E-state index contributed by atoms with van der Waals surface area (Å²) in [5.41, 5.74) is 0. The molecule has 0 saturated carbocycles. The number of aliphatic hydroxyl groups is 1. The first-order valence-electron chi connectivity index (χ1n) is 6.00. The van der Waals surface area contributed by atoms with E-state index < -0.39 is 6.10 Å². The quantitative estimate of drug-likeness (QED) is 0.703. The van der Waals surface area contributed by atoms with Crippen molar-refractivity contribution in [2.45, 2.75) is 25.9 Å². The van der Waals surface area contributed by atoms with Crippen molar-refractivity contribution in [2.75, 3.05) is 19.7 Å². The summed E-state index contributed by atoms with van der Waals surface area (Å²) in [5, 5.41) is 13.4. The van der Waals surface area contributed by atoms with E-state index in [1.165, 1.54) is 0 Å². The Morgan fingerprint density at radius 3 is 2.88 bits per heavy atom. The van der Waals surface area contributed by atoms with Crippen LogP contribution in [0.3, 0.4) is 0 Å². The van der Waals surface area contributed by atoms with E-state index >= 15 is 0 Å². The number of halogens is 1. The van der Waals surface area contributed by atoms with Gasteiger partial charge in [-0.3, -0.25) is 0 Å². The van der Waals surface area contributed by atoms with E-state index in [0.717, 1.165) is 19.4 Å². The first-order valence-corrected chi connectivity index (χ1v) is 6.38.